The average Bonchev–Trinajstić information content (AvgIpc) is 0.749. The molecular formula is C93H79Cl2KN4Na2O17. The molecule has 1 aliphatic carbocycles. The SMILES string of the molecule is CC(=O)Nc1ccc(C)cc1.CC(=O)Nc1ccc(Oc2ccc3ccc(=O)oc3c2)cc1.Cc1ccc(C)cc1.Cc1ccc(N)cc1.Cc1ccc(O)cc1.ClCCl.Nc1ccc(Oc2ccc3ccc(=O)oc3c2)cc1.O=C([O-])c1ccccc1-c1c2ccc(=O)cc-2oc2cc([O-])ccc12.O=c1ccc2ccc([O-])cc2o1.[K+].[Na+].[Na+]. The number of halogens is 2. The largest absolute Gasteiger partial charge is 1.00 e. The third-order valence-electron chi connectivity index (χ3n) is 16.1. The number of carboxylic acid groups (broad SMARTS) is 1. The zero-order valence-electron chi connectivity index (χ0n) is 66.9. The van der Waals surface area contributed by atoms with E-state index < -0.39 is 17.2 Å². The fourth-order valence-corrected chi connectivity index (χ4v) is 10.5. The molecule has 16 rings (SSSR count). The smallest absolute Gasteiger partial charge is 0.872 e. The number of hydrogen-bond acceptors (Lipinski definition) is 19. The van der Waals surface area contributed by atoms with Crippen molar-refractivity contribution in [2.45, 2.75) is 48.5 Å². The van der Waals surface area contributed by atoms with Crippen LogP contribution in [0, 0.1) is 34.6 Å². The Morgan fingerprint density at radius 2 is 0.748 bits per heavy atom. The summed E-state index contributed by atoms with van der Waals surface area (Å²) in [5, 5.41) is 51.4. The number of carbonyl (C=O) groups excluding carboxylic acids is 3. The van der Waals surface area contributed by atoms with E-state index in [0.29, 0.717) is 78.9 Å². The molecule has 14 aromatic rings. The minimum atomic E-state index is -1.31. The summed E-state index contributed by atoms with van der Waals surface area (Å²) in [6.45, 7) is 13.2. The van der Waals surface area contributed by atoms with Gasteiger partial charge in [-0.2, -0.15) is 0 Å². The molecule has 0 spiro atoms. The first-order chi connectivity index (χ1) is 55.6. The van der Waals surface area contributed by atoms with Crippen LogP contribution in [0.5, 0.6) is 40.2 Å². The van der Waals surface area contributed by atoms with Crippen molar-refractivity contribution < 1.29 is 172 Å². The molecule has 26 heteroatoms. The van der Waals surface area contributed by atoms with Crippen LogP contribution in [0.4, 0.5) is 22.7 Å². The van der Waals surface area contributed by atoms with Crippen molar-refractivity contribution in [2.75, 3.05) is 27.4 Å². The molecule has 590 valence electrons. The summed E-state index contributed by atoms with van der Waals surface area (Å²) in [7, 11) is 0. The molecule has 0 fully saturated rings. The Labute approximate surface area is 782 Å². The Balaban J connectivity index is 0.000000248. The van der Waals surface area contributed by atoms with Crippen LogP contribution in [0.3, 0.4) is 0 Å². The van der Waals surface area contributed by atoms with E-state index in [0.717, 1.165) is 27.5 Å². The van der Waals surface area contributed by atoms with E-state index in [-0.39, 0.29) is 167 Å². The minimum Gasteiger partial charge on any atom is -0.872 e. The maximum atomic E-state index is 11.7. The van der Waals surface area contributed by atoms with Crippen molar-refractivity contribution in [3.63, 3.8) is 0 Å². The first kappa shape index (κ1) is 98.5. The van der Waals surface area contributed by atoms with Crippen molar-refractivity contribution >= 4 is 108 Å². The molecule has 0 bridgehead atoms. The van der Waals surface area contributed by atoms with Gasteiger partial charge in [-0.1, -0.05) is 137 Å². The molecule has 2 amide bonds. The minimum absolute atomic E-state index is 0. The van der Waals surface area contributed by atoms with Crippen LogP contribution in [0.25, 0.3) is 66.3 Å². The number of carboxylic acids is 1. The van der Waals surface area contributed by atoms with Gasteiger partial charge in [0.2, 0.25) is 11.8 Å². The predicted octanol–water partition coefficient (Wildman–Crippen LogP) is 9.55. The first-order valence-electron chi connectivity index (χ1n) is 35.5. The van der Waals surface area contributed by atoms with E-state index in [1.54, 1.807) is 133 Å². The maximum absolute atomic E-state index is 11.7. The van der Waals surface area contributed by atoms with Crippen LogP contribution in [0.1, 0.15) is 52.0 Å². The molecule has 7 N–H and O–H groups in total. The number of nitrogen functional groups attached to an aromatic ring is 2. The average molecular weight is 1680 g/mol. The van der Waals surface area contributed by atoms with Crippen molar-refractivity contribution in [1.29, 1.82) is 0 Å². The molecule has 21 nitrogen and oxygen atoms in total. The van der Waals surface area contributed by atoms with Gasteiger partial charge in [-0.15, -0.1) is 34.7 Å². The molecule has 0 unspecified atom stereocenters. The van der Waals surface area contributed by atoms with Gasteiger partial charge in [0, 0.05) is 111 Å². The second kappa shape index (κ2) is 50.0. The molecule has 1 aliphatic heterocycles. The van der Waals surface area contributed by atoms with Gasteiger partial charge in [0.15, 0.2) is 5.43 Å². The Morgan fingerprint density at radius 1 is 0.403 bits per heavy atom. The van der Waals surface area contributed by atoms with Crippen LogP contribution in [0.2, 0.25) is 0 Å². The van der Waals surface area contributed by atoms with Gasteiger partial charge < -0.3 is 74.5 Å². The number of phenols is 1. The quantitative estimate of drug-likeness (QED) is 0.0310. The normalized spacial score (nSPS) is 9.82. The number of aromatic hydroxyl groups is 1. The second-order valence-corrected chi connectivity index (χ2v) is 26.3. The number of aromatic carboxylic acids is 1. The third kappa shape index (κ3) is 33.4. The number of alkyl halides is 2. The van der Waals surface area contributed by atoms with Crippen molar-refractivity contribution in [3.05, 3.63) is 372 Å². The van der Waals surface area contributed by atoms with Gasteiger partial charge in [0.25, 0.3) is 0 Å². The number of anilines is 4. The third-order valence-corrected chi connectivity index (χ3v) is 16.1. The summed E-state index contributed by atoms with van der Waals surface area (Å²) < 4.78 is 32.1. The number of hydrogen-bond donors (Lipinski definition) is 5. The molecule has 4 heterocycles. The summed E-state index contributed by atoms with van der Waals surface area (Å²) in [5.74, 6) is 1.21. The maximum Gasteiger partial charge on any atom is 1.00 e. The fraction of sp³-hybridized carbons (Fsp3) is 0.0860. The molecule has 0 saturated heterocycles. The molecule has 2 aliphatic rings. The number of ether oxygens (including phenoxy) is 2. The number of nitrogens with two attached hydrogens (primary N) is 2. The zero-order chi connectivity index (χ0) is 83.8. The van der Waals surface area contributed by atoms with Crippen molar-refractivity contribution in [1.82, 2.24) is 0 Å². The zero-order valence-corrected chi connectivity index (χ0v) is 75.5. The van der Waals surface area contributed by atoms with Gasteiger partial charge in [-0.25, -0.2) is 14.4 Å². The molecule has 119 heavy (non-hydrogen) atoms. The van der Waals surface area contributed by atoms with E-state index in [1.165, 1.54) is 102 Å². The molecule has 3 aromatic heterocycles. The first-order valence-corrected chi connectivity index (χ1v) is 36.6. The molecular weight excluding hydrogens is 1600 g/mol. The summed E-state index contributed by atoms with van der Waals surface area (Å²) in [6.07, 6.45) is 0. The number of phenolic OH excluding ortho intramolecular Hbond substituents is 1. The summed E-state index contributed by atoms with van der Waals surface area (Å²) >= 11 is 9.53. The summed E-state index contributed by atoms with van der Waals surface area (Å²) in [4.78, 5) is 77.9. The van der Waals surface area contributed by atoms with E-state index in [9.17, 15) is 48.9 Å². The van der Waals surface area contributed by atoms with E-state index >= 15 is 0 Å². The Kier molecular flexibility index (Phi) is 41.4. The monoisotopic (exact) mass is 1680 g/mol. The number of aryl methyl sites for hydroxylation is 5. The van der Waals surface area contributed by atoms with Crippen LogP contribution < -0.4 is 180 Å². The topological polar surface area (TPSA) is 356 Å². The number of amides is 2. The number of fused-ring (bicyclic) bond motifs is 5. The van der Waals surface area contributed by atoms with Crippen LogP contribution in [0.15, 0.2) is 334 Å². The van der Waals surface area contributed by atoms with Gasteiger partial charge in [0.1, 0.15) is 56.8 Å². The standard InChI is InChI=1S/C20H12O5.C17H13NO4.C15H11NO3.C9H11NO.C9H6O3.C8H10.C7H9N.C7H8O.CH2Cl2.K.2Na/c21-11-5-7-15-17(9-11)25-18-10-12(22)6-8-16(18)19(15)13-3-1-2-4-14(13)20(23)24;1-11(19)18-13-4-7-14(8-5-13)21-15-6-2-12-3-9-17(20)22-16(12)10-15;16-11-3-6-12(7-4-11)18-13-5-1-10-2-8-15(17)19-14(10)9-13;1-7-3-5-9(6-4-7)10-8(2)11;10-7-3-1-6-2-4-9(11)12-8(6)5-7;1-7-3-5-8(2)6-4-7;2*1-6-2-4-7(8)5-3-6;2-1-3;;;/h1-10,21H,(H,23,24);2-10H,1H3,(H,18,19);1-9H,16H2;3-6H,1-2H3,(H,10,11);1-5,10H;3-6H,1-2H3;2-5H,8H2,1H3;2-5,8H,1H3;1H2;;;/q;;;;;;;;;3*+1/p-3. The van der Waals surface area contributed by atoms with Crippen LogP contribution >= 0.6 is 23.2 Å². The van der Waals surface area contributed by atoms with Crippen molar-refractivity contribution in [3.8, 4) is 62.7 Å². The van der Waals surface area contributed by atoms with Crippen LogP contribution in [-0.4, -0.2) is 28.2 Å². The van der Waals surface area contributed by atoms with E-state index in [2.05, 4.69) is 48.7 Å². The molecule has 11 aromatic carbocycles. The Morgan fingerprint density at radius 3 is 1.17 bits per heavy atom. The van der Waals surface area contributed by atoms with E-state index in [1.807, 2.05) is 99.6 Å². The van der Waals surface area contributed by atoms with Gasteiger partial charge >= 0.3 is 127 Å². The Bertz CT molecular complexity index is 6010. The molecule has 0 atom stereocenters. The number of benzene rings is 12. The van der Waals surface area contributed by atoms with Gasteiger partial charge in [-0.3, -0.25) is 14.4 Å². The number of nitrogens with one attached hydrogen (secondary N) is 2. The Hall–Kier alpha value is -11.0. The second-order valence-electron chi connectivity index (χ2n) is 25.5. The molecule has 0 saturated carbocycles. The molecule has 0 radical (unpaired) electrons. The van der Waals surface area contributed by atoms with Crippen molar-refractivity contribution in [2.24, 2.45) is 0 Å². The summed E-state index contributed by atoms with van der Waals surface area (Å²) in [5.41, 5.74) is 22.1. The number of rotatable bonds is 8. The summed E-state index contributed by atoms with van der Waals surface area (Å²) in [6, 6.07) is 84.3. The van der Waals surface area contributed by atoms with Crippen LogP contribution in [-0.2, 0) is 9.59 Å². The fourth-order valence-electron chi connectivity index (χ4n) is 10.5. The van der Waals surface area contributed by atoms with Gasteiger partial charge in [-0.05, 0) is 192 Å². The number of carbonyl (C=O) groups is 3. The predicted molar refractivity (Wildman–Crippen MR) is 453 cm³/mol. The van der Waals surface area contributed by atoms with Gasteiger partial charge in [0.05, 0.1) is 11.3 Å². The van der Waals surface area contributed by atoms with E-state index in [4.69, 9.17) is 66.9 Å².